The van der Waals surface area contributed by atoms with Gasteiger partial charge in [0.15, 0.2) is 0 Å². The van der Waals surface area contributed by atoms with Crippen LogP contribution in [0.5, 0.6) is 0 Å². The molecule has 1 aromatic carbocycles. The van der Waals surface area contributed by atoms with E-state index >= 15 is 0 Å². The fraction of sp³-hybridized carbons (Fsp3) is 0.143. The Hall–Kier alpha value is -2.50. The van der Waals surface area contributed by atoms with E-state index in [1.54, 1.807) is 6.92 Å². The van der Waals surface area contributed by atoms with E-state index in [9.17, 15) is 13.6 Å². The SMILES string of the molecule is CCC(=O)Nc1ccc(F)cc1Nc1cncc(F)c1. The van der Waals surface area contributed by atoms with Crippen molar-refractivity contribution in [1.82, 2.24) is 4.98 Å². The van der Waals surface area contributed by atoms with Gasteiger partial charge in [0.25, 0.3) is 0 Å². The maximum Gasteiger partial charge on any atom is 0.224 e. The lowest BCUT2D eigenvalue weighted by atomic mass is 10.2. The Morgan fingerprint density at radius 3 is 2.65 bits per heavy atom. The van der Waals surface area contributed by atoms with Crippen LogP contribution in [0.1, 0.15) is 13.3 Å². The molecule has 2 rings (SSSR count). The molecule has 1 amide bonds. The number of nitrogens with one attached hydrogen (secondary N) is 2. The van der Waals surface area contributed by atoms with Gasteiger partial charge in [0.05, 0.1) is 29.5 Å². The number of anilines is 3. The first-order valence-electron chi connectivity index (χ1n) is 6.05. The number of rotatable bonds is 4. The van der Waals surface area contributed by atoms with Crippen molar-refractivity contribution in [1.29, 1.82) is 0 Å². The molecule has 0 bridgehead atoms. The minimum absolute atomic E-state index is 0.197. The molecule has 0 aliphatic carbocycles. The summed E-state index contributed by atoms with van der Waals surface area (Å²) >= 11 is 0. The molecule has 0 saturated heterocycles. The van der Waals surface area contributed by atoms with Crippen molar-refractivity contribution in [3.63, 3.8) is 0 Å². The highest BCUT2D eigenvalue weighted by molar-refractivity contribution is 5.94. The van der Waals surface area contributed by atoms with Crippen LogP contribution in [-0.4, -0.2) is 10.9 Å². The Labute approximate surface area is 114 Å². The summed E-state index contributed by atoms with van der Waals surface area (Å²) in [5, 5.41) is 5.47. The van der Waals surface area contributed by atoms with Crippen LogP contribution in [-0.2, 0) is 4.79 Å². The van der Waals surface area contributed by atoms with Gasteiger partial charge in [0.1, 0.15) is 11.6 Å². The van der Waals surface area contributed by atoms with E-state index in [4.69, 9.17) is 0 Å². The normalized spacial score (nSPS) is 10.2. The van der Waals surface area contributed by atoms with Crippen LogP contribution in [0.15, 0.2) is 36.7 Å². The molecule has 4 nitrogen and oxygen atoms in total. The standard InChI is InChI=1S/C14H13F2N3O/c1-2-14(20)19-12-4-3-9(15)6-13(12)18-11-5-10(16)7-17-8-11/h3-8,18H,2H2,1H3,(H,19,20). The molecule has 2 aromatic rings. The summed E-state index contributed by atoms with van der Waals surface area (Å²) in [7, 11) is 0. The third kappa shape index (κ3) is 3.50. The van der Waals surface area contributed by atoms with Gasteiger partial charge in [-0.25, -0.2) is 8.78 Å². The van der Waals surface area contributed by atoms with E-state index in [1.165, 1.54) is 30.5 Å². The summed E-state index contributed by atoms with van der Waals surface area (Å²) in [5.74, 6) is -1.17. The number of hydrogen-bond acceptors (Lipinski definition) is 3. The van der Waals surface area contributed by atoms with Crippen molar-refractivity contribution in [2.45, 2.75) is 13.3 Å². The van der Waals surface area contributed by atoms with Crippen LogP contribution in [0.25, 0.3) is 0 Å². The molecule has 6 heteroatoms. The van der Waals surface area contributed by atoms with Gasteiger partial charge >= 0.3 is 0 Å². The number of nitrogens with zero attached hydrogens (tertiary/aromatic N) is 1. The zero-order valence-corrected chi connectivity index (χ0v) is 10.8. The number of carbonyl (C=O) groups excluding carboxylic acids is 1. The van der Waals surface area contributed by atoms with E-state index in [2.05, 4.69) is 15.6 Å². The summed E-state index contributed by atoms with van der Waals surface area (Å²) in [6.07, 6.45) is 2.77. The molecule has 20 heavy (non-hydrogen) atoms. The molecule has 104 valence electrons. The van der Waals surface area contributed by atoms with Crippen LogP contribution in [0.2, 0.25) is 0 Å². The third-order valence-electron chi connectivity index (χ3n) is 2.56. The topological polar surface area (TPSA) is 54.0 Å². The second kappa shape index (κ2) is 6.10. The highest BCUT2D eigenvalue weighted by Crippen LogP contribution is 2.26. The molecule has 0 saturated carbocycles. The van der Waals surface area contributed by atoms with Crippen molar-refractivity contribution in [2.24, 2.45) is 0 Å². The highest BCUT2D eigenvalue weighted by atomic mass is 19.1. The average molecular weight is 277 g/mol. The smallest absolute Gasteiger partial charge is 0.224 e. The lowest BCUT2D eigenvalue weighted by Gasteiger charge is -2.13. The quantitative estimate of drug-likeness (QED) is 0.900. The van der Waals surface area contributed by atoms with E-state index < -0.39 is 11.6 Å². The lowest BCUT2D eigenvalue weighted by molar-refractivity contribution is -0.115. The zero-order chi connectivity index (χ0) is 14.5. The van der Waals surface area contributed by atoms with Crippen molar-refractivity contribution in [3.05, 3.63) is 48.3 Å². The number of benzene rings is 1. The minimum atomic E-state index is -0.509. The lowest BCUT2D eigenvalue weighted by Crippen LogP contribution is -2.11. The third-order valence-corrected chi connectivity index (χ3v) is 2.56. The van der Waals surface area contributed by atoms with Crippen LogP contribution >= 0.6 is 0 Å². The van der Waals surface area contributed by atoms with Gasteiger partial charge in [-0.1, -0.05) is 6.92 Å². The Morgan fingerprint density at radius 1 is 1.15 bits per heavy atom. The Balaban J connectivity index is 2.29. The minimum Gasteiger partial charge on any atom is -0.352 e. The highest BCUT2D eigenvalue weighted by Gasteiger charge is 2.08. The van der Waals surface area contributed by atoms with E-state index in [0.29, 0.717) is 23.5 Å². The van der Waals surface area contributed by atoms with Crippen LogP contribution < -0.4 is 10.6 Å². The summed E-state index contributed by atoms with van der Waals surface area (Å²) in [4.78, 5) is 15.1. The first-order valence-corrected chi connectivity index (χ1v) is 6.05. The molecular formula is C14H13F2N3O. The van der Waals surface area contributed by atoms with Gasteiger partial charge < -0.3 is 10.6 Å². The monoisotopic (exact) mass is 277 g/mol. The Kier molecular flexibility index (Phi) is 4.24. The fourth-order valence-electron chi connectivity index (χ4n) is 1.60. The molecule has 0 atom stereocenters. The van der Waals surface area contributed by atoms with E-state index in [-0.39, 0.29) is 5.91 Å². The van der Waals surface area contributed by atoms with Crippen molar-refractivity contribution < 1.29 is 13.6 Å². The van der Waals surface area contributed by atoms with Gasteiger partial charge in [-0.2, -0.15) is 0 Å². The second-order valence-corrected chi connectivity index (χ2v) is 4.11. The first kappa shape index (κ1) is 13.9. The number of halogens is 2. The molecule has 0 fully saturated rings. The summed E-state index contributed by atoms with van der Waals surface area (Å²) < 4.78 is 26.4. The zero-order valence-electron chi connectivity index (χ0n) is 10.8. The number of aromatic nitrogens is 1. The summed E-state index contributed by atoms with van der Waals surface area (Å²) in [6.45, 7) is 1.71. The van der Waals surface area contributed by atoms with Gasteiger partial charge in [-0.05, 0) is 18.2 Å². The first-order chi connectivity index (χ1) is 9.58. The molecule has 0 unspecified atom stereocenters. The van der Waals surface area contributed by atoms with Crippen molar-refractivity contribution in [3.8, 4) is 0 Å². The van der Waals surface area contributed by atoms with Gasteiger partial charge in [-0.3, -0.25) is 9.78 Å². The molecule has 0 aliphatic rings. The molecule has 0 spiro atoms. The molecular weight excluding hydrogens is 264 g/mol. The predicted octanol–water partition coefficient (Wildman–Crippen LogP) is 3.45. The molecule has 0 aliphatic heterocycles. The van der Waals surface area contributed by atoms with Crippen molar-refractivity contribution >= 4 is 23.0 Å². The van der Waals surface area contributed by atoms with Crippen LogP contribution in [0.3, 0.4) is 0 Å². The number of hydrogen-bond donors (Lipinski definition) is 2. The van der Waals surface area contributed by atoms with Crippen molar-refractivity contribution in [2.75, 3.05) is 10.6 Å². The van der Waals surface area contributed by atoms with Gasteiger partial charge in [0.2, 0.25) is 5.91 Å². The van der Waals surface area contributed by atoms with Gasteiger partial charge in [0, 0.05) is 12.5 Å². The van der Waals surface area contributed by atoms with Gasteiger partial charge in [-0.15, -0.1) is 0 Å². The van der Waals surface area contributed by atoms with Crippen LogP contribution in [0, 0.1) is 11.6 Å². The molecule has 1 aromatic heterocycles. The maximum absolute atomic E-state index is 13.3. The van der Waals surface area contributed by atoms with E-state index in [1.807, 2.05) is 0 Å². The number of amides is 1. The summed E-state index contributed by atoms with van der Waals surface area (Å²) in [6, 6.07) is 5.12. The molecule has 2 N–H and O–H groups in total. The average Bonchev–Trinajstić information content (AvgIpc) is 2.41. The molecule has 0 radical (unpaired) electrons. The number of carbonyl (C=O) groups is 1. The Morgan fingerprint density at radius 2 is 1.95 bits per heavy atom. The maximum atomic E-state index is 13.3. The fourth-order valence-corrected chi connectivity index (χ4v) is 1.60. The molecule has 1 heterocycles. The largest absolute Gasteiger partial charge is 0.352 e. The number of pyridine rings is 1. The van der Waals surface area contributed by atoms with Crippen LogP contribution in [0.4, 0.5) is 25.8 Å². The van der Waals surface area contributed by atoms with E-state index in [0.717, 1.165) is 6.20 Å². The summed E-state index contributed by atoms with van der Waals surface area (Å²) in [5.41, 5.74) is 1.12. The Bertz CT molecular complexity index is 632. The predicted molar refractivity (Wildman–Crippen MR) is 72.8 cm³/mol. The second-order valence-electron chi connectivity index (χ2n) is 4.11.